The SMILES string of the molecule is CC1(C)COCC(CCc2cccc(Cl)c2)N1. The third-order valence-corrected chi connectivity index (χ3v) is 3.28. The van der Waals surface area contributed by atoms with Crippen LogP contribution in [0.25, 0.3) is 0 Å². The molecular formula is C14H20ClNO. The van der Waals surface area contributed by atoms with Crippen LogP contribution in [0.4, 0.5) is 0 Å². The summed E-state index contributed by atoms with van der Waals surface area (Å²) in [4.78, 5) is 0. The molecule has 0 aliphatic carbocycles. The van der Waals surface area contributed by atoms with Gasteiger partial charge in [-0.05, 0) is 44.4 Å². The lowest BCUT2D eigenvalue weighted by Crippen LogP contribution is -2.55. The number of aryl methyl sites for hydroxylation is 1. The maximum Gasteiger partial charge on any atom is 0.0643 e. The Hall–Kier alpha value is -0.570. The van der Waals surface area contributed by atoms with Crippen molar-refractivity contribution in [3.05, 3.63) is 34.9 Å². The zero-order valence-corrected chi connectivity index (χ0v) is 11.3. The molecule has 2 rings (SSSR count). The van der Waals surface area contributed by atoms with Gasteiger partial charge in [0.05, 0.1) is 13.2 Å². The van der Waals surface area contributed by atoms with Crippen molar-refractivity contribution in [3.63, 3.8) is 0 Å². The first-order valence-electron chi connectivity index (χ1n) is 6.15. The summed E-state index contributed by atoms with van der Waals surface area (Å²) in [6.45, 7) is 5.96. The lowest BCUT2D eigenvalue weighted by molar-refractivity contribution is 0.0113. The average molecular weight is 254 g/mol. The third kappa shape index (κ3) is 3.98. The van der Waals surface area contributed by atoms with Crippen LogP contribution >= 0.6 is 11.6 Å². The predicted octanol–water partition coefficient (Wildman–Crippen LogP) is 3.04. The molecule has 0 aromatic heterocycles. The van der Waals surface area contributed by atoms with Crippen molar-refractivity contribution in [2.75, 3.05) is 13.2 Å². The summed E-state index contributed by atoms with van der Waals surface area (Å²) in [6.07, 6.45) is 2.13. The largest absolute Gasteiger partial charge is 0.378 e. The Balaban J connectivity index is 1.86. The molecular weight excluding hydrogens is 234 g/mol. The lowest BCUT2D eigenvalue weighted by Gasteiger charge is -2.37. The Kier molecular flexibility index (Phi) is 4.08. The Labute approximate surface area is 108 Å². The van der Waals surface area contributed by atoms with Gasteiger partial charge in [-0.3, -0.25) is 0 Å². The van der Waals surface area contributed by atoms with Crippen LogP contribution in [0, 0.1) is 0 Å². The molecule has 0 radical (unpaired) electrons. The van der Waals surface area contributed by atoms with E-state index in [4.69, 9.17) is 16.3 Å². The number of morpholine rings is 1. The highest BCUT2D eigenvalue weighted by Crippen LogP contribution is 2.16. The van der Waals surface area contributed by atoms with Crippen molar-refractivity contribution in [1.29, 1.82) is 0 Å². The monoisotopic (exact) mass is 253 g/mol. The average Bonchev–Trinajstić information content (AvgIpc) is 2.25. The maximum atomic E-state index is 5.97. The number of rotatable bonds is 3. The zero-order valence-electron chi connectivity index (χ0n) is 10.5. The third-order valence-electron chi connectivity index (χ3n) is 3.05. The van der Waals surface area contributed by atoms with E-state index in [-0.39, 0.29) is 5.54 Å². The molecule has 1 aromatic carbocycles. The number of hydrogen-bond acceptors (Lipinski definition) is 2. The molecule has 1 aromatic rings. The molecule has 0 bridgehead atoms. The van der Waals surface area contributed by atoms with E-state index < -0.39 is 0 Å². The van der Waals surface area contributed by atoms with Crippen LogP contribution < -0.4 is 5.32 Å². The molecule has 1 unspecified atom stereocenters. The number of nitrogens with one attached hydrogen (secondary N) is 1. The molecule has 1 aliphatic rings. The van der Waals surface area contributed by atoms with Gasteiger partial charge in [-0.2, -0.15) is 0 Å². The number of ether oxygens (including phenoxy) is 1. The summed E-state index contributed by atoms with van der Waals surface area (Å²) >= 11 is 5.97. The van der Waals surface area contributed by atoms with Crippen LogP contribution in [0.5, 0.6) is 0 Å². The van der Waals surface area contributed by atoms with E-state index in [1.807, 2.05) is 18.2 Å². The van der Waals surface area contributed by atoms with Crippen molar-refractivity contribution >= 4 is 11.6 Å². The van der Waals surface area contributed by atoms with Crippen molar-refractivity contribution in [2.24, 2.45) is 0 Å². The highest BCUT2D eigenvalue weighted by molar-refractivity contribution is 6.30. The molecule has 1 aliphatic heterocycles. The molecule has 0 amide bonds. The lowest BCUT2D eigenvalue weighted by atomic mass is 9.99. The normalized spacial score (nSPS) is 23.6. The molecule has 94 valence electrons. The van der Waals surface area contributed by atoms with Crippen LogP contribution in [-0.2, 0) is 11.2 Å². The maximum absolute atomic E-state index is 5.97. The summed E-state index contributed by atoms with van der Waals surface area (Å²) < 4.78 is 5.62. The van der Waals surface area contributed by atoms with Gasteiger partial charge in [0, 0.05) is 16.6 Å². The molecule has 1 heterocycles. The minimum absolute atomic E-state index is 0.0945. The molecule has 1 N–H and O–H groups in total. The first kappa shape index (κ1) is 12.9. The minimum atomic E-state index is 0.0945. The van der Waals surface area contributed by atoms with Gasteiger partial charge in [0.2, 0.25) is 0 Å². The summed E-state index contributed by atoms with van der Waals surface area (Å²) in [5, 5.41) is 4.44. The first-order valence-corrected chi connectivity index (χ1v) is 6.53. The summed E-state index contributed by atoms with van der Waals surface area (Å²) in [7, 11) is 0. The fraction of sp³-hybridized carbons (Fsp3) is 0.571. The van der Waals surface area contributed by atoms with Gasteiger partial charge in [-0.1, -0.05) is 23.7 Å². The second kappa shape index (κ2) is 5.38. The van der Waals surface area contributed by atoms with Crippen LogP contribution in [0.1, 0.15) is 25.8 Å². The molecule has 0 saturated carbocycles. The highest BCUT2D eigenvalue weighted by Gasteiger charge is 2.27. The predicted molar refractivity (Wildman–Crippen MR) is 71.6 cm³/mol. The van der Waals surface area contributed by atoms with E-state index in [1.165, 1.54) is 5.56 Å². The zero-order chi connectivity index (χ0) is 12.3. The van der Waals surface area contributed by atoms with Crippen LogP contribution in [0.2, 0.25) is 5.02 Å². The molecule has 17 heavy (non-hydrogen) atoms. The van der Waals surface area contributed by atoms with Gasteiger partial charge in [-0.15, -0.1) is 0 Å². The number of halogens is 1. The highest BCUT2D eigenvalue weighted by atomic mass is 35.5. The summed E-state index contributed by atoms with van der Waals surface area (Å²) in [5.74, 6) is 0. The van der Waals surface area contributed by atoms with E-state index in [2.05, 4.69) is 25.2 Å². The molecule has 3 heteroatoms. The van der Waals surface area contributed by atoms with Crippen molar-refractivity contribution in [3.8, 4) is 0 Å². The standard InChI is InChI=1S/C14H20ClNO/c1-14(2)10-17-9-13(16-14)7-6-11-4-3-5-12(15)8-11/h3-5,8,13,16H,6-7,9-10H2,1-2H3. The first-order chi connectivity index (χ1) is 8.05. The van der Waals surface area contributed by atoms with Crippen LogP contribution in [-0.4, -0.2) is 24.8 Å². The van der Waals surface area contributed by atoms with Gasteiger partial charge in [0.25, 0.3) is 0 Å². The molecule has 1 saturated heterocycles. The topological polar surface area (TPSA) is 21.3 Å². The minimum Gasteiger partial charge on any atom is -0.378 e. The number of hydrogen-bond donors (Lipinski definition) is 1. The van der Waals surface area contributed by atoms with E-state index >= 15 is 0 Å². The van der Waals surface area contributed by atoms with E-state index in [9.17, 15) is 0 Å². The Morgan fingerprint density at radius 1 is 1.47 bits per heavy atom. The fourth-order valence-electron chi connectivity index (χ4n) is 2.28. The van der Waals surface area contributed by atoms with Gasteiger partial charge < -0.3 is 10.1 Å². The number of benzene rings is 1. The molecule has 1 atom stereocenters. The van der Waals surface area contributed by atoms with Crippen molar-refractivity contribution < 1.29 is 4.74 Å². The van der Waals surface area contributed by atoms with Gasteiger partial charge >= 0.3 is 0 Å². The molecule has 2 nitrogen and oxygen atoms in total. The van der Waals surface area contributed by atoms with E-state index in [0.29, 0.717) is 6.04 Å². The molecule has 0 spiro atoms. The van der Waals surface area contributed by atoms with Crippen molar-refractivity contribution in [1.82, 2.24) is 5.32 Å². The van der Waals surface area contributed by atoms with Crippen LogP contribution in [0.15, 0.2) is 24.3 Å². The van der Waals surface area contributed by atoms with Gasteiger partial charge in [0.1, 0.15) is 0 Å². The second-order valence-corrected chi connectivity index (χ2v) is 5.85. The second-order valence-electron chi connectivity index (χ2n) is 5.41. The Bertz CT molecular complexity index is 378. The summed E-state index contributed by atoms with van der Waals surface area (Å²) in [5.41, 5.74) is 1.39. The smallest absolute Gasteiger partial charge is 0.0643 e. The van der Waals surface area contributed by atoms with Crippen LogP contribution in [0.3, 0.4) is 0 Å². The quantitative estimate of drug-likeness (QED) is 0.894. The summed E-state index contributed by atoms with van der Waals surface area (Å²) in [6, 6.07) is 8.53. The van der Waals surface area contributed by atoms with Gasteiger partial charge in [0.15, 0.2) is 0 Å². The van der Waals surface area contributed by atoms with Crippen molar-refractivity contribution in [2.45, 2.75) is 38.3 Å². The van der Waals surface area contributed by atoms with E-state index in [0.717, 1.165) is 31.1 Å². The molecule has 1 fully saturated rings. The fourth-order valence-corrected chi connectivity index (χ4v) is 2.49. The van der Waals surface area contributed by atoms with E-state index in [1.54, 1.807) is 0 Å². The van der Waals surface area contributed by atoms with Gasteiger partial charge in [-0.25, -0.2) is 0 Å². The Morgan fingerprint density at radius 3 is 3.00 bits per heavy atom. The Morgan fingerprint density at radius 2 is 2.29 bits per heavy atom.